The fraction of sp³-hybridized carbons (Fsp3) is 0.619. The molecule has 29 heavy (non-hydrogen) atoms. The number of alkyl carbamates (subject to hydrolysis) is 1. The molecule has 1 amide bonds. The zero-order chi connectivity index (χ0) is 21.3. The highest BCUT2D eigenvalue weighted by Crippen LogP contribution is 2.26. The number of guanidine groups is 1. The molecule has 1 unspecified atom stereocenters. The molecular formula is C21H35N5O3. The molecule has 1 aromatic carbocycles. The predicted molar refractivity (Wildman–Crippen MR) is 117 cm³/mol. The van der Waals surface area contributed by atoms with Crippen molar-refractivity contribution < 1.29 is 14.3 Å². The van der Waals surface area contributed by atoms with Crippen LogP contribution in [-0.4, -0.2) is 64.5 Å². The molecule has 0 bridgehead atoms. The summed E-state index contributed by atoms with van der Waals surface area (Å²) in [5.41, 5.74) is 0.706. The minimum Gasteiger partial charge on any atom is -0.497 e. The van der Waals surface area contributed by atoms with Crippen molar-refractivity contribution in [2.45, 2.75) is 32.8 Å². The fourth-order valence-electron chi connectivity index (χ4n) is 3.16. The number of hydrogen-bond donors (Lipinski definition) is 3. The van der Waals surface area contributed by atoms with E-state index in [-0.39, 0.29) is 0 Å². The molecule has 1 saturated heterocycles. The minimum absolute atomic E-state index is 0.411. The van der Waals surface area contributed by atoms with Crippen LogP contribution in [-0.2, 0) is 4.74 Å². The van der Waals surface area contributed by atoms with E-state index in [0.717, 1.165) is 37.8 Å². The monoisotopic (exact) mass is 405 g/mol. The van der Waals surface area contributed by atoms with Gasteiger partial charge in [-0.15, -0.1) is 0 Å². The third kappa shape index (κ3) is 8.09. The molecule has 3 N–H and O–H groups in total. The molecule has 1 atom stereocenters. The van der Waals surface area contributed by atoms with Crippen LogP contribution in [0.1, 0.15) is 27.2 Å². The number of carbonyl (C=O) groups excluding carboxylic acids is 1. The summed E-state index contributed by atoms with van der Waals surface area (Å²) < 4.78 is 10.5. The third-order valence-corrected chi connectivity index (χ3v) is 4.57. The summed E-state index contributed by atoms with van der Waals surface area (Å²) in [7, 11) is 3.44. The number of anilines is 1. The molecule has 1 aliphatic heterocycles. The molecule has 1 fully saturated rings. The van der Waals surface area contributed by atoms with Crippen LogP contribution in [0.5, 0.6) is 5.75 Å². The van der Waals surface area contributed by atoms with E-state index >= 15 is 0 Å². The lowest BCUT2D eigenvalue weighted by atomic mass is 10.1. The van der Waals surface area contributed by atoms with Crippen molar-refractivity contribution >= 4 is 17.7 Å². The van der Waals surface area contributed by atoms with Gasteiger partial charge in [0.2, 0.25) is 0 Å². The van der Waals surface area contributed by atoms with Crippen LogP contribution < -0.4 is 25.6 Å². The largest absolute Gasteiger partial charge is 0.497 e. The van der Waals surface area contributed by atoms with Gasteiger partial charge in [-0.25, -0.2) is 4.79 Å². The molecule has 0 spiro atoms. The van der Waals surface area contributed by atoms with Crippen molar-refractivity contribution in [1.82, 2.24) is 16.0 Å². The molecule has 2 rings (SSSR count). The Labute approximate surface area is 174 Å². The van der Waals surface area contributed by atoms with Gasteiger partial charge in [0.1, 0.15) is 11.4 Å². The summed E-state index contributed by atoms with van der Waals surface area (Å²) in [5, 5.41) is 9.31. The first-order valence-corrected chi connectivity index (χ1v) is 10.1. The summed E-state index contributed by atoms with van der Waals surface area (Å²) >= 11 is 0. The van der Waals surface area contributed by atoms with Gasteiger partial charge in [0.05, 0.1) is 7.11 Å². The number of ether oxygens (including phenoxy) is 2. The van der Waals surface area contributed by atoms with Crippen molar-refractivity contribution in [3.05, 3.63) is 24.3 Å². The van der Waals surface area contributed by atoms with Crippen molar-refractivity contribution in [3.8, 4) is 5.75 Å². The van der Waals surface area contributed by atoms with Crippen molar-refractivity contribution in [1.29, 1.82) is 0 Å². The summed E-state index contributed by atoms with van der Waals surface area (Å²) in [6.07, 6.45) is 0.715. The zero-order valence-electron chi connectivity index (χ0n) is 18.2. The lowest BCUT2D eigenvalue weighted by Gasteiger charge is -2.20. The van der Waals surface area contributed by atoms with E-state index in [1.165, 1.54) is 5.69 Å². The minimum atomic E-state index is -0.491. The number of carbonyl (C=O) groups is 1. The average molecular weight is 406 g/mol. The normalized spacial score (nSPS) is 17.1. The first-order valence-electron chi connectivity index (χ1n) is 10.1. The Morgan fingerprint density at radius 3 is 2.69 bits per heavy atom. The number of rotatable bonds is 7. The molecule has 8 heteroatoms. The van der Waals surface area contributed by atoms with Crippen molar-refractivity contribution in [2.75, 3.05) is 51.8 Å². The Morgan fingerprint density at radius 2 is 2.00 bits per heavy atom. The molecule has 1 aromatic rings. The van der Waals surface area contributed by atoms with Gasteiger partial charge in [0.25, 0.3) is 0 Å². The number of amides is 1. The molecule has 0 radical (unpaired) electrons. The number of nitrogens with zero attached hydrogens (tertiary/aromatic N) is 2. The highest BCUT2D eigenvalue weighted by atomic mass is 16.6. The molecule has 1 aliphatic rings. The number of hydrogen-bond acceptors (Lipinski definition) is 5. The van der Waals surface area contributed by atoms with Crippen LogP contribution in [0.15, 0.2) is 29.3 Å². The number of aliphatic imine (C=N–C) groups is 1. The Bertz CT molecular complexity index is 687. The van der Waals surface area contributed by atoms with E-state index < -0.39 is 11.7 Å². The van der Waals surface area contributed by atoms with Crippen LogP contribution in [0.4, 0.5) is 10.5 Å². The SMILES string of the molecule is CN=C(NCCNC(=O)OC(C)(C)C)NCC1CCN(c2cccc(OC)c2)C1. The first-order chi connectivity index (χ1) is 13.8. The Kier molecular flexibility index (Phi) is 8.42. The lowest BCUT2D eigenvalue weighted by molar-refractivity contribution is 0.0529. The Morgan fingerprint density at radius 1 is 1.24 bits per heavy atom. The van der Waals surface area contributed by atoms with Crippen molar-refractivity contribution in [3.63, 3.8) is 0 Å². The first kappa shape index (κ1) is 22.6. The number of methoxy groups -OCH3 is 1. The van der Waals surface area contributed by atoms with Gasteiger partial charge >= 0.3 is 6.09 Å². The maximum absolute atomic E-state index is 11.6. The fourth-order valence-corrected chi connectivity index (χ4v) is 3.16. The maximum Gasteiger partial charge on any atom is 0.407 e. The van der Waals surface area contributed by atoms with E-state index in [0.29, 0.717) is 19.0 Å². The highest BCUT2D eigenvalue weighted by Gasteiger charge is 2.23. The second-order valence-corrected chi connectivity index (χ2v) is 8.11. The average Bonchev–Trinajstić information content (AvgIpc) is 3.15. The second kappa shape index (κ2) is 10.8. The summed E-state index contributed by atoms with van der Waals surface area (Å²) in [5.74, 6) is 2.16. The van der Waals surface area contributed by atoms with Gasteiger partial charge in [0.15, 0.2) is 5.96 Å². The Hall–Kier alpha value is -2.64. The molecule has 0 saturated carbocycles. The van der Waals surface area contributed by atoms with Gasteiger partial charge in [-0.2, -0.15) is 0 Å². The standard InChI is InChI=1S/C21H35N5O3/c1-21(2,3)29-20(27)24-11-10-23-19(22-4)25-14-16-9-12-26(15-16)17-7-6-8-18(13-17)28-5/h6-8,13,16H,9-12,14-15H2,1-5H3,(H,24,27)(H2,22,23,25). The van der Waals surface area contributed by atoms with E-state index in [2.05, 4.69) is 38.0 Å². The van der Waals surface area contributed by atoms with E-state index in [1.807, 2.05) is 32.9 Å². The van der Waals surface area contributed by atoms with Crippen molar-refractivity contribution in [2.24, 2.45) is 10.9 Å². The van der Waals surface area contributed by atoms with Gasteiger partial charge in [0, 0.05) is 51.5 Å². The number of nitrogens with one attached hydrogen (secondary N) is 3. The second-order valence-electron chi connectivity index (χ2n) is 8.11. The molecular weight excluding hydrogens is 370 g/mol. The van der Waals surface area contributed by atoms with Crippen LogP contribution >= 0.6 is 0 Å². The third-order valence-electron chi connectivity index (χ3n) is 4.57. The van der Waals surface area contributed by atoms with Crippen LogP contribution in [0.25, 0.3) is 0 Å². The van der Waals surface area contributed by atoms with Gasteiger partial charge in [-0.3, -0.25) is 4.99 Å². The quantitative estimate of drug-likeness (QED) is 0.366. The molecule has 1 heterocycles. The van der Waals surface area contributed by atoms with Gasteiger partial charge in [-0.05, 0) is 45.2 Å². The predicted octanol–water partition coefficient (Wildman–Crippen LogP) is 2.21. The van der Waals surface area contributed by atoms with E-state index in [4.69, 9.17) is 9.47 Å². The van der Waals surface area contributed by atoms with Gasteiger partial charge < -0.3 is 30.3 Å². The number of benzene rings is 1. The molecule has 162 valence electrons. The zero-order valence-corrected chi connectivity index (χ0v) is 18.2. The maximum atomic E-state index is 11.6. The van der Waals surface area contributed by atoms with Crippen LogP contribution in [0.3, 0.4) is 0 Å². The summed E-state index contributed by atoms with van der Waals surface area (Å²) in [6.45, 7) is 9.43. The van der Waals surface area contributed by atoms with E-state index in [9.17, 15) is 4.79 Å². The highest BCUT2D eigenvalue weighted by molar-refractivity contribution is 5.79. The summed E-state index contributed by atoms with van der Waals surface area (Å²) in [6, 6.07) is 8.19. The topological polar surface area (TPSA) is 87.2 Å². The molecule has 0 aliphatic carbocycles. The van der Waals surface area contributed by atoms with Gasteiger partial charge in [-0.1, -0.05) is 6.07 Å². The van der Waals surface area contributed by atoms with E-state index in [1.54, 1.807) is 14.2 Å². The smallest absolute Gasteiger partial charge is 0.407 e. The lowest BCUT2D eigenvalue weighted by Crippen LogP contribution is -2.44. The molecule has 8 nitrogen and oxygen atoms in total. The van der Waals surface area contributed by atoms with Crippen LogP contribution in [0, 0.1) is 5.92 Å². The summed E-state index contributed by atoms with van der Waals surface area (Å²) in [4.78, 5) is 18.3. The molecule has 0 aromatic heterocycles. The Balaban J connectivity index is 1.67. The van der Waals surface area contributed by atoms with Crippen LogP contribution in [0.2, 0.25) is 0 Å².